The highest BCUT2D eigenvalue weighted by Gasteiger charge is 2.45. The maximum Gasteiger partial charge on any atom is 0.335 e. The highest BCUT2D eigenvalue weighted by atomic mass is 35.5. The van der Waals surface area contributed by atoms with Crippen molar-refractivity contribution in [2.75, 3.05) is 4.90 Å². The van der Waals surface area contributed by atoms with Gasteiger partial charge < -0.3 is 5.11 Å². The van der Waals surface area contributed by atoms with Gasteiger partial charge in [-0.05, 0) is 41.5 Å². The quantitative estimate of drug-likeness (QED) is 0.721. The van der Waals surface area contributed by atoms with Crippen molar-refractivity contribution >= 4 is 46.3 Å². The Balaban J connectivity index is 1.93. The van der Waals surface area contributed by atoms with Gasteiger partial charge in [0.15, 0.2) is 5.78 Å². The molecule has 1 aliphatic heterocycles. The molecule has 1 atom stereocenters. The summed E-state index contributed by atoms with van der Waals surface area (Å²) in [5, 5.41) is 11.6. The van der Waals surface area contributed by atoms with Gasteiger partial charge in [-0.2, -0.15) is 0 Å². The van der Waals surface area contributed by atoms with Gasteiger partial charge in [0.05, 0.1) is 16.3 Å². The molecule has 150 valence electrons. The largest absolute Gasteiger partial charge is 0.478 e. The highest BCUT2D eigenvalue weighted by Crippen LogP contribution is 2.49. The van der Waals surface area contributed by atoms with Gasteiger partial charge in [-0.15, -0.1) is 11.3 Å². The standard InChI is InChI=1S/C22H20ClNO4S/c1-22(2)10-16-20(17(25)11-22)13(18-4-3-7-29-18)9-19(26)24(16)15-8-12(21(27)28)5-6-14(15)23/h3-8,13H,9-11H2,1-2H3,(H,27,28). The second-order valence-corrected chi connectivity index (χ2v) is 9.66. The van der Waals surface area contributed by atoms with Crippen LogP contribution in [0.4, 0.5) is 5.69 Å². The molecule has 2 aliphatic rings. The molecule has 1 aromatic carbocycles. The number of carbonyl (C=O) groups excluding carboxylic acids is 2. The Kier molecular flexibility index (Phi) is 4.87. The number of amides is 1. The van der Waals surface area contributed by atoms with Crippen LogP contribution in [0.5, 0.6) is 0 Å². The Morgan fingerprint density at radius 2 is 2.00 bits per heavy atom. The fraction of sp³-hybridized carbons (Fsp3) is 0.318. The van der Waals surface area contributed by atoms with Crippen LogP contribution in [0, 0.1) is 5.41 Å². The predicted molar refractivity (Wildman–Crippen MR) is 113 cm³/mol. The summed E-state index contributed by atoms with van der Waals surface area (Å²) in [6.45, 7) is 4.00. The number of carboxylic acids is 1. The van der Waals surface area contributed by atoms with Crippen LogP contribution in [-0.4, -0.2) is 22.8 Å². The molecule has 4 rings (SSSR count). The number of carbonyl (C=O) groups is 3. The molecule has 0 saturated heterocycles. The molecule has 1 amide bonds. The second-order valence-electron chi connectivity index (χ2n) is 8.27. The Morgan fingerprint density at radius 1 is 1.24 bits per heavy atom. The zero-order valence-electron chi connectivity index (χ0n) is 16.1. The van der Waals surface area contributed by atoms with Crippen molar-refractivity contribution < 1.29 is 19.5 Å². The minimum absolute atomic E-state index is 0.0395. The van der Waals surface area contributed by atoms with Crippen LogP contribution in [0.2, 0.25) is 5.02 Å². The van der Waals surface area contributed by atoms with Crippen molar-refractivity contribution in [3.05, 3.63) is 62.4 Å². The molecule has 7 heteroatoms. The molecule has 2 heterocycles. The monoisotopic (exact) mass is 429 g/mol. The lowest BCUT2D eigenvalue weighted by molar-refractivity contribution is -0.120. The van der Waals surface area contributed by atoms with E-state index >= 15 is 0 Å². The van der Waals surface area contributed by atoms with Crippen LogP contribution in [0.15, 0.2) is 47.0 Å². The van der Waals surface area contributed by atoms with E-state index in [0.29, 0.717) is 29.8 Å². The summed E-state index contributed by atoms with van der Waals surface area (Å²) in [7, 11) is 0. The molecule has 0 spiro atoms. The van der Waals surface area contributed by atoms with E-state index in [0.717, 1.165) is 4.88 Å². The lowest BCUT2D eigenvalue weighted by Gasteiger charge is -2.42. The molecule has 2 aromatic rings. The highest BCUT2D eigenvalue weighted by molar-refractivity contribution is 7.10. The molecule has 5 nitrogen and oxygen atoms in total. The first-order valence-electron chi connectivity index (χ1n) is 9.33. The lowest BCUT2D eigenvalue weighted by Crippen LogP contribution is -2.43. The fourth-order valence-corrected chi connectivity index (χ4v) is 5.28. The number of allylic oxidation sites excluding steroid dienone is 2. The lowest BCUT2D eigenvalue weighted by atomic mass is 9.70. The number of anilines is 1. The van der Waals surface area contributed by atoms with E-state index in [1.54, 1.807) is 0 Å². The molecule has 1 unspecified atom stereocenters. The van der Waals surface area contributed by atoms with Gasteiger partial charge in [0.2, 0.25) is 5.91 Å². The Bertz CT molecular complexity index is 1050. The average molecular weight is 430 g/mol. The van der Waals surface area contributed by atoms with Crippen LogP contribution >= 0.6 is 22.9 Å². The zero-order valence-corrected chi connectivity index (χ0v) is 17.6. The van der Waals surface area contributed by atoms with Gasteiger partial charge in [-0.3, -0.25) is 14.5 Å². The number of benzene rings is 1. The topological polar surface area (TPSA) is 74.7 Å². The van der Waals surface area contributed by atoms with Gasteiger partial charge in [0.25, 0.3) is 0 Å². The molecular weight excluding hydrogens is 410 g/mol. The summed E-state index contributed by atoms with van der Waals surface area (Å²) in [5.41, 5.74) is 1.36. The van der Waals surface area contributed by atoms with E-state index in [1.165, 1.54) is 34.4 Å². The first kappa shape index (κ1) is 19.9. The van der Waals surface area contributed by atoms with E-state index in [1.807, 2.05) is 31.4 Å². The van der Waals surface area contributed by atoms with Crippen molar-refractivity contribution in [1.29, 1.82) is 0 Å². The first-order valence-corrected chi connectivity index (χ1v) is 10.6. The van der Waals surface area contributed by atoms with Gasteiger partial charge in [0.1, 0.15) is 0 Å². The third kappa shape index (κ3) is 3.51. The summed E-state index contributed by atoms with van der Waals surface area (Å²) in [6.07, 6.45) is 1.10. The minimum Gasteiger partial charge on any atom is -0.478 e. The third-order valence-electron chi connectivity index (χ3n) is 5.46. The summed E-state index contributed by atoms with van der Waals surface area (Å²) in [4.78, 5) is 40.4. The summed E-state index contributed by atoms with van der Waals surface area (Å²) < 4.78 is 0. The van der Waals surface area contributed by atoms with Gasteiger partial charge in [0, 0.05) is 34.9 Å². The zero-order chi connectivity index (χ0) is 20.9. The third-order valence-corrected chi connectivity index (χ3v) is 6.77. The Labute approximate surface area is 177 Å². The molecule has 0 radical (unpaired) electrons. The van der Waals surface area contributed by atoms with Crippen molar-refractivity contribution in [3.63, 3.8) is 0 Å². The van der Waals surface area contributed by atoms with Crippen molar-refractivity contribution in [1.82, 2.24) is 0 Å². The van der Waals surface area contributed by atoms with Gasteiger partial charge in [-0.1, -0.05) is 31.5 Å². The molecule has 1 aliphatic carbocycles. The number of carboxylic acid groups (broad SMARTS) is 1. The molecule has 0 bridgehead atoms. The molecule has 29 heavy (non-hydrogen) atoms. The average Bonchev–Trinajstić information content (AvgIpc) is 3.15. The number of ketones is 1. The molecular formula is C22H20ClNO4S. The van der Waals surface area contributed by atoms with Crippen molar-refractivity contribution in [2.45, 2.75) is 39.0 Å². The number of hydrogen-bond acceptors (Lipinski definition) is 4. The van der Waals surface area contributed by atoms with Crippen molar-refractivity contribution in [2.24, 2.45) is 5.41 Å². The summed E-state index contributed by atoms with van der Waals surface area (Å²) in [5.74, 6) is -1.51. The van der Waals surface area contributed by atoms with Crippen LogP contribution < -0.4 is 4.90 Å². The molecule has 1 aromatic heterocycles. The fourth-order valence-electron chi connectivity index (χ4n) is 4.24. The van der Waals surface area contributed by atoms with E-state index in [9.17, 15) is 19.5 Å². The molecule has 0 saturated carbocycles. The number of halogens is 1. The smallest absolute Gasteiger partial charge is 0.335 e. The molecule has 0 fully saturated rings. The number of rotatable bonds is 3. The van der Waals surface area contributed by atoms with E-state index in [2.05, 4.69) is 0 Å². The second kappa shape index (κ2) is 7.11. The molecule has 1 N–H and O–H groups in total. The van der Waals surface area contributed by atoms with Crippen LogP contribution in [-0.2, 0) is 9.59 Å². The number of aromatic carboxylic acids is 1. The van der Waals surface area contributed by atoms with Gasteiger partial charge in [-0.25, -0.2) is 4.79 Å². The number of thiophene rings is 1. The Hall–Kier alpha value is -2.44. The van der Waals surface area contributed by atoms with E-state index in [4.69, 9.17) is 11.6 Å². The van der Waals surface area contributed by atoms with E-state index < -0.39 is 5.97 Å². The number of hydrogen-bond donors (Lipinski definition) is 1. The van der Waals surface area contributed by atoms with Gasteiger partial charge >= 0.3 is 5.97 Å². The SMILES string of the molecule is CC1(C)CC(=O)C2=C(C1)N(c1cc(C(=O)O)ccc1Cl)C(=O)CC2c1cccs1. The summed E-state index contributed by atoms with van der Waals surface area (Å²) in [6, 6.07) is 8.16. The maximum atomic E-state index is 13.3. The number of Topliss-reactive ketones (excluding diaryl/α,β-unsaturated/α-hetero) is 1. The number of nitrogens with zero attached hydrogens (tertiary/aromatic N) is 1. The van der Waals surface area contributed by atoms with E-state index in [-0.39, 0.29) is 40.0 Å². The normalized spacial score (nSPS) is 21.3. The van der Waals surface area contributed by atoms with Crippen LogP contribution in [0.3, 0.4) is 0 Å². The predicted octanol–water partition coefficient (Wildman–Crippen LogP) is 5.26. The first-order chi connectivity index (χ1) is 13.7. The van der Waals surface area contributed by atoms with Crippen LogP contribution in [0.25, 0.3) is 0 Å². The Morgan fingerprint density at radius 3 is 2.66 bits per heavy atom. The minimum atomic E-state index is -1.10. The van der Waals surface area contributed by atoms with Crippen molar-refractivity contribution in [3.8, 4) is 0 Å². The maximum absolute atomic E-state index is 13.3. The van der Waals surface area contributed by atoms with Crippen LogP contribution in [0.1, 0.15) is 54.3 Å². The summed E-state index contributed by atoms with van der Waals surface area (Å²) >= 11 is 7.92.